The Labute approximate surface area is 103 Å². The summed E-state index contributed by atoms with van der Waals surface area (Å²) in [5, 5.41) is 0. The van der Waals surface area contributed by atoms with Crippen LogP contribution in [0.2, 0.25) is 0 Å². The second kappa shape index (κ2) is 6.78. The average Bonchev–Trinajstić information content (AvgIpc) is 2.26. The maximum absolute atomic E-state index is 5.77. The normalized spacial score (nSPS) is 10.7. The monoisotopic (exact) mass is 289 g/mol. The zero-order chi connectivity index (χ0) is 12.0. The molecule has 1 aromatic rings. The Kier molecular flexibility index (Phi) is 5.65. The molecule has 0 aliphatic rings. The number of hydrogen-bond donors (Lipinski definition) is 1. The molecule has 1 aromatic heterocycles. The molecule has 1 heterocycles. The number of aromatic nitrogens is 2. The molecule has 5 nitrogen and oxygen atoms in total. The summed E-state index contributed by atoms with van der Waals surface area (Å²) >= 11 is 3.34. The van der Waals surface area contributed by atoms with Gasteiger partial charge in [-0.25, -0.2) is 9.97 Å². The van der Waals surface area contributed by atoms with Crippen molar-refractivity contribution >= 4 is 21.7 Å². The third-order valence-corrected chi connectivity index (χ3v) is 2.89. The van der Waals surface area contributed by atoms with Gasteiger partial charge in [0.25, 0.3) is 0 Å². The summed E-state index contributed by atoms with van der Waals surface area (Å²) in [6.45, 7) is 1.11. The van der Waals surface area contributed by atoms with Gasteiger partial charge in [0, 0.05) is 27.2 Å². The Morgan fingerprint density at radius 3 is 2.62 bits per heavy atom. The highest BCUT2D eigenvalue weighted by atomic mass is 79.9. The van der Waals surface area contributed by atoms with Crippen LogP contribution in [-0.4, -0.2) is 30.8 Å². The summed E-state index contributed by atoms with van der Waals surface area (Å²) in [7, 11) is 3.29. The van der Waals surface area contributed by atoms with Gasteiger partial charge in [0.1, 0.15) is 11.6 Å². The van der Waals surface area contributed by atoms with E-state index in [0.717, 1.165) is 24.4 Å². The number of aryl methyl sites for hydroxylation is 1. The lowest BCUT2D eigenvalue weighted by Crippen LogP contribution is -2.07. The van der Waals surface area contributed by atoms with Gasteiger partial charge in [0.05, 0.1) is 16.8 Å². The molecular weight excluding hydrogens is 274 g/mol. The molecule has 0 fully saturated rings. The number of nitrogens with zero attached hydrogens (tertiary/aromatic N) is 2. The summed E-state index contributed by atoms with van der Waals surface area (Å²) in [5.41, 5.74) is 6.55. The molecule has 6 heteroatoms. The molecular formula is C10H16BrN3O2. The minimum atomic E-state index is 0.421. The fourth-order valence-electron chi connectivity index (χ4n) is 1.28. The molecule has 0 saturated carbocycles. The summed E-state index contributed by atoms with van der Waals surface area (Å²) in [5.74, 6) is 1.18. The topological polar surface area (TPSA) is 70.3 Å². The number of rotatable bonds is 6. The van der Waals surface area contributed by atoms with Gasteiger partial charge in [-0.05, 0) is 22.4 Å². The van der Waals surface area contributed by atoms with E-state index in [1.807, 2.05) is 0 Å². The van der Waals surface area contributed by atoms with Crippen LogP contribution < -0.4 is 5.73 Å². The van der Waals surface area contributed by atoms with Crippen LogP contribution in [0, 0.1) is 0 Å². The molecule has 1 rings (SSSR count). The van der Waals surface area contributed by atoms with Gasteiger partial charge in [0.15, 0.2) is 0 Å². The molecule has 0 aliphatic carbocycles. The van der Waals surface area contributed by atoms with Crippen LogP contribution in [-0.2, 0) is 22.5 Å². The highest BCUT2D eigenvalue weighted by Crippen LogP contribution is 2.21. The zero-order valence-corrected chi connectivity index (χ0v) is 11.1. The predicted octanol–water partition coefficient (Wildman–Crippen LogP) is 1.55. The van der Waals surface area contributed by atoms with Crippen molar-refractivity contribution in [1.29, 1.82) is 0 Å². The minimum Gasteiger partial charge on any atom is -0.385 e. The molecule has 0 aromatic carbocycles. The van der Waals surface area contributed by atoms with Gasteiger partial charge in [0.2, 0.25) is 0 Å². The minimum absolute atomic E-state index is 0.421. The third kappa shape index (κ3) is 3.70. The van der Waals surface area contributed by atoms with Crippen molar-refractivity contribution in [3.63, 3.8) is 0 Å². The summed E-state index contributed by atoms with van der Waals surface area (Å²) in [4.78, 5) is 8.57. The number of nitrogen functional groups attached to an aromatic ring is 1. The van der Waals surface area contributed by atoms with E-state index in [4.69, 9.17) is 15.2 Å². The second-order valence-corrected chi connectivity index (χ2v) is 4.11. The Morgan fingerprint density at radius 2 is 2.00 bits per heavy atom. The van der Waals surface area contributed by atoms with Crippen molar-refractivity contribution < 1.29 is 9.47 Å². The van der Waals surface area contributed by atoms with Gasteiger partial charge >= 0.3 is 0 Å². The number of anilines is 1. The van der Waals surface area contributed by atoms with Crippen LogP contribution in [0.4, 0.5) is 5.82 Å². The van der Waals surface area contributed by atoms with Crippen molar-refractivity contribution in [2.24, 2.45) is 0 Å². The highest BCUT2D eigenvalue weighted by molar-refractivity contribution is 9.10. The molecule has 0 bridgehead atoms. The Morgan fingerprint density at radius 1 is 1.25 bits per heavy atom. The highest BCUT2D eigenvalue weighted by Gasteiger charge is 2.09. The Hall–Kier alpha value is -0.720. The number of methoxy groups -OCH3 is 2. The van der Waals surface area contributed by atoms with Crippen LogP contribution in [0.15, 0.2) is 4.47 Å². The SMILES string of the molecule is COCCCc1nc(N)c(Br)c(COC)n1. The number of halogens is 1. The second-order valence-electron chi connectivity index (χ2n) is 3.32. The lowest BCUT2D eigenvalue weighted by atomic mass is 10.3. The molecule has 0 unspecified atom stereocenters. The van der Waals surface area contributed by atoms with Crippen LogP contribution in [0.1, 0.15) is 17.9 Å². The maximum Gasteiger partial charge on any atom is 0.141 e. The molecule has 0 aliphatic heterocycles. The molecule has 90 valence electrons. The summed E-state index contributed by atoms with van der Waals surface area (Å²) < 4.78 is 10.7. The fraction of sp³-hybridized carbons (Fsp3) is 0.600. The molecule has 0 radical (unpaired) electrons. The number of nitrogens with two attached hydrogens (primary N) is 1. The molecule has 0 amide bonds. The maximum atomic E-state index is 5.77. The van der Waals surface area contributed by atoms with E-state index in [9.17, 15) is 0 Å². The largest absolute Gasteiger partial charge is 0.385 e. The van der Waals surface area contributed by atoms with Gasteiger partial charge in [-0.2, -0.15) is 0 Å². The van der Waals surface area contributed by atoms with E-state index in [-0.39, 0.29) is 0 Å². The van der Waals surface area contributed by atoms with Crippen molar-refractivity contribution in [3.8, 4) is 0 Å². The smallest absolute Gasteiger partial charge is 0.141 e. The first-order valence-electron chi connectivity index (χ1n) is 4.97. The lowest BCUT2D eigenvalue weighted by Gasteiger charge is -2.08. The molecule has 2 N–H and O–H groups in total. The van der Waals surface area contributed by atoms with Gasteiger partial charge in [-0.15, -0.1) is 0 Å². The van der Waals surface area contributed by atoms with Crippen LogP contribution in [0.3, 0.4) is 0 Å². The quantitative estimate of drug-likeness (QED) is 0.805. The van der Waals surface area contributed by atoms with Gasteiger partial charge < -0.3 is 15.2 Å². The molecule has 0 spiro atoms. The van der Waals surface area contributed by atoms with E-state index in [0.29, 0.717) is 23.5 Å². The van der Waals surface area contributed by atoms with Crippen molar-refractivity contribution in [3.05, 3.63) is 16.0 Å². The van der Waals surface area contributed by atoms with Crippen molar-refractivity contribution in [2.75, 3.05) is 26.6 Å². The average molecular weight is 290 g/mol. The standard InChI is InChI=1S/C10H16BrN3O2/c1-15-5-3-4-8-13-7(6-16-2)9(11)10(12)14-8/h3-6H2,1-2H3,(H2,12,13,14). The molecule has 0 saturated heterocycles. The first-order valence-corrected chi connectivity index (χ1v) is 5.77. The predicted molar refractivity (Wildman–Crippen MR) is 65.1 cm³/mol. The van der Waals surface area contributed by atoms with E-state index in [1.54, 1.807) is 14.2 Å². The lowest BCUT2D eigenvalue weighted by molar-refractivity contribution is 0.180. The molecule has 0 atom stereocenters. The van der Waals surface area contributed by atoms with Gasteiger partial charge in [-0.1, -0.05) is 0 Å². The van der Waals surface area contributed by atoms with E-state index >= 15 is 0 Å². The van der Waals surface area contributed by atoms with Crippen LogP contribution in [0.25, 0.3) is 0 Å². The Bertz CT molecular complexity index is 347. The third-order valence-electron chi connectivity index (χ3n) is 2.02. The first kappa shape index (κ1) is 13.3. The van der Waals surface area contributed by atoms with Crippen LogP contribution >= 0.6 is 15.9 Å². The summed E-state index contributed by atoms with van der Waals surface area (Å²) in [6, 6.07) is 0. The fourth-order valence-corrected chi connectivity index (χ4v) is 1.58. The summed E-state index contributed by atoms with van der Waals surface area (Å²) in [6.07, 6.45) is 1.63. The van der Waals surface area contributed by atoms with Crippen LogP contribution in [0.5, 0.6) is 0 Å². The van der Waals surface area contributed by atoms with E-state index < -0.39 is 0 Å². The van der Waals surface area contributed by atoms with Gasteiger partial charge in [-0.3, -0.25) is 0 Å². The molecule has 16 heavy (non-hydrogen) atoms. The van der Waals surface area contributed by atoms with Crippen molar-refractivity contribution in [2.45, 2.75) is 19.4 Å². The van der Waals surface area contributed by atoms with E-state index in [1.165, 1.54) is 0 Å². The number of ether oxygens (including phenoxy) is 2. The zero-order valence-electron chi connectivity index (χ0n) is 9.49. The first-order chi connectivity index (χ1) is 7.69. The van der Waals surface area contributed by atoms with E-state index in [2.05, 4.69) is 25.9 Å². The Balaban J connectivity index is 2.77. The number of hydrogen-bond acceptors (Lipinski definition) is 5. The van der Waals surface area contributed by atoms with Crippen molar-refractivity contribution in [1.82, 2.24) is 9.97 Å².